The van der Waals surface area contributed by atoms with E-state index in [0.717, 1.165) is 10.9 Å². The molecule has 1 unspecified atom stereocenters. The minimum Gasteiger partial charge on any atom is -0.307 e. The van der Waals surface area contributed by atoms with E-state index in [1.165, 1.54) is 31.5 Å². The van der Waals surface area contributed by atoms with Gasteiger partial charge in [0.2, 0.25) is 0 Å². The number of piperidine rings is 1. The zero-order valence-corrected chi connectivity index (χ0v) is 13.0. The molecular formula is C16H25ClN2. The Morgan fingerprint density at radius 3 is 2.58 bits per heavy atom. The summed E-state index contributed by atoms with van der Waals surface area (Å²) in [7, 11) is 2.21. The summed E-state index contributed by atoms with van der Waals surface area (Å²) >= 11 is 6.06. The summed E-state index contributed by atoms with van der Waals surface area (Å²) in [5.74, 6) is 0.790. The molecule has 19 heavy (non-hydrogen) atoms. The predicted molar refractivity (Wildman–Crippen MR) is 82.7 cm³/mol. The summed E-state index contributed by atoms with van der Waals surface area (Å²) in [5, 5.41) is 4.55. The van der Waals surface area contributed by atoms with E-state index >= 15 is 0 Å². The standard InChI is InChI=1S/C16H25ClN2/c1-12(14-7-9-19(3)10-8-14)18-13(2)15-5-4-6-16(17)11-15/h4-6,11-14,18H,7-10H2,1-3H3/t12?,13-/m0/s1. The number of hydrogen-bond donors (Lipinski definition) is 1. The number of halogens is 1. The van der Waals surface area contributed by atoms with Crippen LogP contribution in [-0.4, -0.2) is 31.1 Å². The normalized spacial score (nSPS) is 21.3. The van der Waals surface area contributed by atoms with Gasteiger partial charge in [0.15, 0.2) is 0 Å². The monoisotopic (exact) mass is 280 g/mol. The predicted octanol–water partition coefficient (Wildman–Crippen LogP) is 3.72. The largest absolute Gasteiger partial charge is 0.307 e. The van der Waals surface area contributed by atoms with Crippen molar-refractivity contribution in [1.29, 1.82) is 0 Å². The van der Waals surface area contributed by atoms with Crippen LogP contribution in [0.2, 0.25) is 5.02 Å². The Bertz CT molecular complexity index is 399. The molecule has 0 spiro atoms. The van der Waals surface area contributed by atoms with E-state index in [4.69, 9.17) is 11.6 Å². The first kappa shape index (κ1) is 14.8. The molecule has 1 N–H and O–H groups in total. The van der Waals surface area contributed by atoms with Gasteiger partial charge in [-0.05, 0) is 70.4 Å². The van der Waals surface area contributed by atoms with Crippen molar-refractivity contribution in [3.63, 3.8) is 0 Å². The molecule has 1 heterocycles. The van der Waals surface area contributed by atoms with Crippen LogP contribution in [0.1, 0.15) is 38.3 Å². The van der Waals surface area contributed by atoms with Crippen molar-refractivity contribution in [2.75, 3.05) is 20.1 Å². The fraction of sp³-hybridized carbons (Fsp3) is 0.625. The van der Waals surface area contributed by atoms with Gasteiger partial charge in [-0.25, -0.2) is 0 Å². The molecule has 1 aliphatic rings. The van der Waals surface area contributed by atoms with Gasteiger partial charge in [0, 0.05) is 17.1 Å². The molecule has 1 aromatic rings. The van der Waals surface area contributed by atoms with E-state index in [0.29, 0.717) is 12.1 Å². The molecule has 106 valence electrons. The molecule has 0 saturated carbocycles. The summed E-state index contributed by atoms with van der Waals surface area (Å²) in [6.07, 6.45) is 2.60. The van der Waals surface area contributed by atoms with Crippen molar-refractivity contribution in [2.45, 2.75) is 38.8 Å². The molecule has 2 rings (SSSR count). The van der Waals surface area contributed by atoms with Gasteiger partial charge in [-0.2, -0.15) is 0 Å². The topological polar surface area (TPSA) is 15.3 Å². The summed E-state index contributed by atoms with van der Waals surface area (Å²) in [5.41, 5.74) is 1.27. The highest BCUT2D eigenvalue weighted by Gasteiger charge is 2.23. The average molecular weight is 281 g/mol. The van der Waals surface area contributed by atoms with Crippen LogP contribution in [-0.2, 0) is 0 Å². The third kappa shape index (κ3) is 4.20. The van der Waals surface area contributed by atoms with Crippen LogP contribution in [0.25, 0.3) is 0 Å². The highest BCUT2D eigenvalue weighted by molar-refractivity contribution is 6.30. The van der Waals surface area contributed by atoms with Crippen LogP contribution < -0.4 is 5.32 Å². The molecule has 0 aliphatic carbocycles. The number of nitrogens with one attached hydrogen (secondary N) is 1. The molecule has 0 amide bonds. The van der Waals surface area contributed by atoms with Crippen molar-refractivity contribution in [1.82, 2.24) is 10.2 Å². The average Bonchev–Trinajstić information content (AvgIpc) is 2.39. The first-order valence-corrected chi connectivity index (χ1v) is 7.64. The van der Waals surface area contributed by atoms with Crippen LogP contribution in [0.3, 0.4) is 0 Å². The lowest BCUT2D eigenvalue weighted by Crippen LogP contribution is -2.41. The van der Waals surface area contributed by atoms with Gasteiger partial charge < -0.3 is 10.2 Å². The Kier molecular flexibility index (Phi) is 5.26. The maximum absolute atomic E-state index is 6.06. The molecule has 1 aliphatic heterocycles. The van der Waals surface area contributed by atoms with Crippen molar-refractivity contribution in [3.8, 4) is 0 Å². The number of rotatable bonds is 4. The lowest BCUT2D eigenvalue weighted by Gasteiger charge is -2.34. The Balaban J connectivity index is 1.89. The second-order valence-electron chi connectivity index (χ2n) is 5.87. The summed E-state index contributed by atoms with van der Waals surface area (Å²) in [4.78, 5) is 2.42. The van der Waals surface area contributed by atoms with E-state index in [1.54, 1.807) is 0 Å². The van der Waals surface area contributed by atoms with Gasteiger partial charge in [0.1, 0.15) is 0 Å². The summed E-state index contributed by atoms with van der Waals surface area (Å²) in [6.45, 7) is 6.98. The lowest BCUT2D eigenvalue weighted by molar-refractivity contribution is 0.185. The van der Waals surface area contributed by atoms with Crippen molar-refractivity contribution < 1.29 is 0 Å². The quantitative estimate of drug-likeness (QED) is 0.904. The second kappa shape index (κ2) is 6.74. The Hall–Kier alpha value is -0.570. The van der Waals surface area contributed by atoms with Crippen LogP contribution >= 0.6 is 11.6 Å². The molecule has 1 aromatic carbocycles. The molecule has 0 aromatic heterocycles. The highest BCUT2D eigenvalue weighted by Crippen LogP contribution is 2.23. The Labute approximate surface area is 122 Å². The highest BCUT2D eigenvalue weighted by atomic mass is 35.5. The minimum atomic E-state index is 0.355. The Morgan fingerprint density at radius 1 is 1.26 bits per heavy atom. The van der Waals surface area contributed by atoms with Gasteiger partial charge in [0.25, 0.3) is 0 Å². The fourth-order valence-corrected chi connectivity index (χ4v) is 3.13. The maximum Gasteiger partial charge on any atom is 0.0409 e. The molecule has 1 fully saturated rings. The third-order valence-corrected chi connectivity index (χ3v) is 4.57. The van der Waals surface area contributed by atoms with Crippen LogP contribution in [0, 0.1) is 5.92 Å². The van der Waals surface area contributed by atoms with Crippen LogP contribution in [0.15, 0.2) is 24.3 Å². The summed E-state index contributed by atoms with van der Waals surface area (Å²) < 4.78 is 0. The van der Waals surface area contributed by atoms with E-state index in [2.05, 4.69) is 43.2 Å². The number of benzene rings is 1. The SMILES string of the molecule is CC(N[C@@H](C)c1cccc(Cl)c1)C1CCN(C)CC1. The molecule has 0 radical (unpaired) electrons. The zero-order valence-electron chi connectivity index (χ0n) is 12.2. The van der Waals surface area contributed by atoms with Crippen molar-refractivity contribution >= 4 is 11.6 Å². The van der Waals surface area contributed by atoms with Gasteiger partial charge >= 0.3 is 0 Å². The van der Waals surface area contributed by atoms with Gasteiger partial charge in [-0.15, -0.1) is 0 Å². The van der Waals surface area contributed by atoms with Crippen LogP contribution in [0.4, 0.5) is 0 Å². The van der Waals surface area contributed by atoms with E-state index < -0.39 is 0 Å². The zero-order chi connectivity index (χ0) is 13.8. The van der Waals surface area contributed by atoms with Gasteiger partial charge in [0.05, 0.1) is 0 Å². The Morgan fingerprint density at radius 2 is 1.95 bits per heavy atom. The number of likely N-dealkylation sites (tertiary alicyclic amines) is 1. The second-order valence-corrected chi connectivity index (χ2v) is 6.31. The van der Waals surface area contributed by atoms with E-state index in [1.807, 2.05) is 12.1 Å². The fourth-order valence-electron chi connectivity index (χ4n) is 2.93. The van der Waals surface area contributed by atoms with Crippen molar-refractivity contribution in [3.05, 3.63) is 34.9 Å². The molecule has 1 saturated heterocycles. The minimum absolute atomic E-state index is 0.355. The number of nitrogens with zero attached hydrogens (tertiary/aromatic N) is 1. The maximum atomic E-state index is 6.06. The van der Waals surface area contributed by atoms with Crippen LogP contribution in [0.5, 0.6) is 0 Å². The number of hydrogen-bond acceptors (Lipinski definition) is 2. The third-order valence-electron chi connectivity index (χ3n) is 4.33. The van der Waals surface area contributed by atoms with E-state index in [-0.39, 0.29) is 0 Å². The first-order chi connectivity index (χ1) is 9.06. The molecule has 0 bridgehead atoms. The van der Waals surface area contributed by atoms with Crippen molar-refractivity contribution in [2.24, 2.45) is 5.92 Å². The molecule has 2 atom stereocenters. The van der Waals surface area contributed by atoms with Gasteiger partial charge in [-0.3, -0.25) is 0 Å². The smallest absolute Gasteiger partial charge is 0.0409 e. The van der Waals surface area contributed by atoms with Gasteiger partial charge in [-0.1, -0.05) is 23.7 Å². The first-order valence-electron chi connectivity index (χ1n) is 7.26. The molecule has 2 nitrogen and oxygen atoms in total. The molecular weight excluding hydrogens is 256 g/mol. The molecule has 3 heteroatoms. The van der Waals surface area contributed by atoms with E-state index in [9.17, 15) is 0 Å². The lowest BCUT2D eigenvalue weighted by atomic mass is 9.90. The summed E-state index contributed by atoms with van der Waals surface area (Å²) in [6, 6.07) is 9.07.